The molecule has 5 heteroatoms. The van der Waals surface area contributed by atoms with E-state index in [1.165, 1.54) is 11.6 Å². The van der Waals surface area contributed by atoms with Gasteiger partial charge in [0, 0.05) is 23.7 Å². The predicted molar refractivity (Wildman–Crippen MR) is 113 cm³/mol. The van der Waals surface area contributed by atoms with Gasteiger partial charge >= 0.3 is 0 Å². The van der Waals surface area contributed by atoms with Gasteiger partial charge in [-0.15, -0.1) is 0 Å². The van der Waals surface area contributed by atoms with Crippen LogP contribution < -0.4 is 15.6 Å². The van der Waals surface area contributed by atoms with Crippen LogP contribution in [0, 0.1) is 0 Å². The average molecular weight is 380 g/mol. The summed E-state index contributed by atoms with van der Waals surface area (Å²) in [5.74, 6) is 0.901. The molecule has 1 atom stereocenters. The van der Waals surface area contributed by atoms with Gasteiger partial charge in [0.05, 0.1) is 18.7 Å². The Kier molecular flexibility index (Phi) is 6.17. The molecule has 5 nitrogen and oxygen atoms in total. The Hall–Kier alpha value is -2.63. The predicted octanol–water partition coefficient (Wildman–Crippen LogP) is 3.57. The van der Waals surface area contributed by atoms with Crippen LogP contribution in [0.25, 0.3) is 10.9 Å². The van der Waals surface area contributed by atoms with E-state index in [2.05, 4.69) is 30.2 Å². The smallest absolute Gasteiger partial charge is 0.248 e. The number of ether oxygens (including phenoxy) is 1. The van der Waals surface area contributed by atoms with Gasteiger partial charge in [0.25, 0.3) is 0 Å². The topological polar surface area (TPSA) is 74.3 Å². The molecule has 0 saturated carbocycles. The van der Waals surface area contributed by atoms with Crippen molar-refractivity contribution in [3.8, 4) is 5.75 Å². The number of nitrogens with one attached hydrogen (secondary N) is 2. The Bertz CT molecular complexity index is 994. The van der Waals surface area contributed by atoms with Crippen molar-refractivity contribution in [3.63, 3.8) is 0 Å². The zero-order valence-corrected chi connectivity index (χ0v) is 16.7. The first-order chi connectivity index (χ1) is 13.4. The van der Waals surface area contributed by atoms with Crippen molar-refractivity contribution in [1.82, 2.24) is 10.3 Å². The lowest BCUT2D eigenvalue weighted by molar-refractivity contribution is 0.160. The number of rotatable bonds is 8. The van der Waals surface area contributed by atoms with Crippen LogP contribution in [-0.4, -0.2) is 29.3 Å². The highest BCUT2D eigenvalue weighted by Gasteiger charge is 2.21. The molecule has 0 aliphatic heterocycles. The summed E-state index contributed by atoms with van der Waals surface area (Å²) in [5, 5.41) is 15.1. The minimum absolute atomic E-state index is 0.167. The largest absolute Gasteiger partial charge is 0.496 e. The summed E-state index contributed by atoms with van der Waals surface area (Å²) < 4.78 is 5.43. The molecule has 3 rings (SSSR count). The number of hydrogen-bond acceptors (Lipinski definition) is 4. The maximum absolute atomic E-state index is 11.7. The summed E-state index contributed by atoms with van der Waals surface area (Å²) in [6.07, 6.45) is 1.06. The molecular weight excluding hydrogens is 352 g/mol. The van der Waals surface area contributed by atoms with Crippen LogP contribution in [0.4, 0.5) is 0 Å². The Labute approximate surface area is 165 Å². The van der Waals surface area contributed by atoms with Crippen molar-refractivity contribution in [2.45, 2.75) is 38.3 Å². The van der Waals surface area contributed by atoms with Crippen LogP contribution in [0.2, 0.25) is 0 Å². The highest BCUT2D eigenvalue weighted by atomic mass is 16.5. The molecule has 0 bridgehead atoms. The van der Waals surface area contributed by atoms with E-state index in [1.54, 1.807) is 13.2 Å². The Morgan fingerprint density at radius 3 is 2.68 bits per heavy atom. The van der Waals surface area contributed by atoms with Gasteiger partial charge in [-0.2, -0.15) is 0 Å². The second kappa shape index (κ2) is 8.59. The first-order valence-electron chi connectivity index (χ1n) is 9.56. The summed E-state index contributed by atoms with van der Waals surface area (Å²) in [7, 11) is 1.69. The zero-order valence-electron chi connectivity index (χ0n) is 16.7. The molecule has 0 fully saturated rings. The maximum atomic E-state index is 11.7. The van der Waals surface area contributed by atoms with E-state index in [0.717, 1.165) is 29.5 Å². The molecular formula is C23H28N2O3. The second-order valence-corrected chi connectivity index (χ2v) is 7.73. The molecule has 1 unspecified atom stereocenters. The molecule has 0 saturated heterocycles. The van der Waals surface area contributed by atoms with Crippen molar-refractivity contribution in [2.24, 2.45) is 0 Å². The molecule has 3 N–H and O–H groups in total. The second-order valence-electron chi connectivity index (χ2n) is 7.73. The van der Waals surface area contributed by atoms with E-state index in [4.69, 9.17) is 4.74 Å². The third-order valence-corrected chi connectivity index (χ3v) is 5.14. The van der Waals surface area contributed by atoms with Crippen molar-refractivity contribution in [2.75, 3.05) is 13.7 Å². The molecule has 3 aromatic rings. The molecule has 1 heterocycles. The number of hydrogen-bond donors (Lipinski definition) is 3. The van der Waals surface area contributed by atoms with Crippen LogP contribution in [0.3, 0.4) is 0 Å². The van der Waals surface area contributed by atoms with Gasteiger partial charge in [-0.1, -0.05) is 36.4 Å². The highest BCUT2D eigenvalue weighted by molar-refractivity contribution is 5.81. The lowest BCUT2D eigenvalue weighted by Gasteiger charge is -2.28. The van der Waals surface area contributed by atoms with Crippen molar-refractivity contribution >= 4 is 10.9 Å². The number of H-pyrrole nitrogens is 1. The van der Waals surface area contributed by atoms with Gasteiger partial charge in [-0.05, 0) is 49.8 Å². The normalized spacial score (nSPS) is 12.9. The fourth-order valence-electron chi connectivity index (χ4n) is 3.41. The van der Waals surface area contributed by atoms with E-state index < -0.39 is 6.10 Å². The molecule has 1 aromatic heterocycles. The minimum Gasteiger partial charge on any atom is -0.496 e. The van der Waals surface area contributed by atoms with Crippen LogP contribution in [0.1, 0.15) is 37.5 Å². The van der Waals surface area contributed by atoms with Crippen LogP contribution in [0.5, 0.6) is 5.75 Å². The molecule has 0 aliphatic rings. The van der Waals surface area contributed by atoms with Gasteiger partial charge < -0.3 is 20.1 Å². The van der Waals surface area contributed by atoms with Crippen molar-refractivity contribution in [1.29, 1.82) is 0 Å². The molecule has 148 valence electrons. The third-order valence-electron chi connectivity index (χ3n) is 5.14. The summed E-state index contributed by atoms with van der Waals surface area (Å²) in [4.78, 5) is 14.5. The first kappa shape index (κ1) is 20.1. The van der Waals surface area contributed by atoms with Gasteiger partial charge in [0.2, 0.25) is 5.56 Å². The van der Waals surface area contributed by atoms with Crippen molar-refractivity contribution in [3.05, 3.63) is 76.1 Å². The third kappa shape index (κ3) is 4.80. The Morgan fingerprint density at radius 2 is 1.89 bits per heavy atom. The minimum atomic E-state index is -0.715. The summed E-state index contributed by atoms with van der Waals surface area (Å²) in [6.45, 7) is 4.65. The average Bonchev–Trinajstić information content (AvgIpc) is 2.70. The monoisotopic (exact) mass is 380 g/mol. The number of aromatic nitrogens is 1. The highest BCUT2D eigenvalue weighted by Crippen LogP contribution is 2.24. The number of aryl methyl sites for hydroxylation is 1. The van der Waals surface area contributed by atoms with Gasteiger partial charge in [-0.25, -0.2) is 0 Å². The number of benzene rings is 2. The van der Waals surface area contributed by atoms with Crippen LogP contribution in [0.15, 0.2) is 59.4 Å². The number of fused-ring (bicyclic) bond motifs is 1. The molecule has 0 spiro atoms. The Balaban J connectivity index is 1.66. The lowest BCUT2D eigenvalue weighted by Crippen LogP contribution is -2.42. The number of aliphatic hydroxyl groups excluding tert-OH is 1. The maximum Gasteiger partial charge on any atom is 0.248 e. The lowest BCUT2D eigenvalue weighted by atomic mass is 9.94. The summed E-state index contributed by atoms with van der Waals surface area (Å²) >= 11 is 0. The van der Waals surface area contributed by atoms with E-state index in [-0.39, 0.29) is 11.1 Å². The zero-order chi connectivity index (χ0) is 20.1. The van der Waals surface area contributed by atoms with Gasteiger partial charge in [0.1, 0.15) is 5.75 Å². The quantitative estimate of drug-likeness (QED) is 0.558. The summed E-state index contributed by atoms with van der Waals surface area (Å²) in [6, 6.07) is 17.0. The number of β-amino-alcohol motifs (C(OH)–C–C–N with tert-alkyl or cyclic N) is 1. The van der Waals surface area contributed by atoms with Crippen molar-refractivity contribution < 1.29 is 9.84 Å². The number of methoxy groups -OCH3 is 1. The molecule has 0 aliphatic carbocycles. The SMILES string of the molecule is COc1ccccc1CCC(C)(C)NCC(O)c1cccc2ccc(=O)[nH]c12. The number of aromatic amines is 1. The fraction of sp³-hybridized carbons (Fsp3) is 0.348. The van der Waals surface area contributed by atoms with Crippen LogP contribution in [-0.2, 0) is 6.42 Å². The Morgan fingerprint density at radius 1 is 1.11 bits per heavy atom. The molecule has 28 heavy (non-hydrogen) atoms. The van der Waals surface area contributed by atoms with Gasteiger partial charge in [-0.3, -0.25) is 4.79 Å². The molecule has 0 radical (unpaired) electrons. The van der Waals surface area contributed by atoms with E-state index in [0.29, 0.717) is 12.1 Å². The fourth-order valence-corrected chi connectivity index (χ4v) is 3.41. The molecule has 2 aromatic carbocycles. The van der Waals surface area contributed by atoms with Gasteiger partial charge in [0.15, 0.2) is 0 Å². The van der Waals surface area contributed by atoms with Crippen LogP contribution >= 0.6 is 0 Å². The molecule has 0 amide bonds. The first-order valence-corrected chi connectivity index (χ1v) is 9.56. The number of pyridine rings is 1. The van der Waals surface area contributed by atoms with E-state index in [1.807, 2.05) is 36.4 Å². The summed E-state index contributed by atoms with van der Waals surface area (Å²) in [5.41, 5.74) is 2.25. The number of aliphatic hydroxyl groups is 1. The number of para-hydroxylation sites is 2. The standard InChI is InChI=1S/C23H28N2O3/c1-23(2,14-13-16-7-4-5-10-20(16)28-3)24-15-19(26)18-9-6-8-17-11-12-21(27)25-22(17)18/h4-12,19,24,26H,13-15H2,1-3H3,(H,25,27). The van der Waals surface area contributed by atoms with E-state index in [9.17, 15) is 9.90 Å². The van der Waals surface area contributed by atoms with E-state index >= 15 is 0 Å².